The van der Waals surface area contributed by atoms with Crippen LogP contribution in [0.5, 0.6) is 0 Å². The van der Waals surface area contributed by atoms with E-state index in [-0.39, 0.29) is 11.6 Å². The number of rotatable bonds is 5. The van der Waals surface area contributed by atoms with Gasteiger partial charge in [0.15, 0.2) is 0 Å². The van der Waals surface area contributed by atoms with Gasteiger partial charge in [-0.25, -0.2) is 4.79 Å². The first-order valence-corrected chi connectivity index (χ1v) is 8.77. The van der Waals surface area contributed by atoms with Crippen molar-refractivity contribution >= 4 is 6.09 Å². The fourth-order valence-corrected chi connectivity index (χ4v) is 2.85. The van der Waals surface area contributed by atoms with Crippen LogP contribution in [0.3, 0.4) is 0 Å². The Kier molecular flexibility index (Phi) is 6.38. The highest BCUT2D eigenvalue weighted by Gasteiger charge is 2.37. The van der Waals surface area contributed by atoms with Gasteiger partial charge in [0, 0.05) is 5.56 Å². The lowest BCUT2D eigenvalue weighted by Crippen LogP contribution is -2.45. The van der Waals surface area contributed by atoms with Crippen LogP contribution in [0.15, 0.2) is 30.3 Å². The zero-order chi connectivity index (χ0) is 18.5. The molecule has 1 saturated carbocycles. The molecule has 140 valence electrons. The highest BCUT2D eigenvalue weighted by molar-refractivity contribution is 5.67. The summed E-state index contributed by atoms with van der Waals surface area (Å²) in [5.74, 6) is -3.18. The molecule has 0 atom stereocenters. The molecule has 1 aromatic rings. The number of carbonyl (C=O) groups is 1. The Morgan fingerprint density at radius 2 is 1.72 bits per heavy atom. The molecule has 0 N–H and O–H groups in total. The summed E-state index contributed by atoms with van der Waals surface area (Å²) in [6.07, 6.45) is 3.74. The van der Waals surface area contributed by atoms with Crippen molar-refractivity contribution in [2.75, 3.05) is 6.61 Å². The summed E-state index contributed by atoms with van der Waals surface area (Å²) in [5, 5.41) is 1.03. The number of ether oxygens (including phenoxy) is 1. The average Bonchev–Trinajstić information content (AvgIpc) is 2.55. The number of benzene rings is 1. The Bertz CT molecular complexity index is 552. The van der Waals surface area contributed by atoms with Crippen molar-refractivity contribution < 1.29 is 23.1 Å². The minimum Gasteiger partial charge on any atom is -0.442 e. The van der Waals surface area contributed by atoms with Crippen LogP contribution < -0.4 is 0 Å². The highest BCUT2D eigenvalue weighted by atomic mass is 19.3. The molecule has 0 saturated heterocycles. The average molecular weight is 355 g/mol. The summed E-state index contributed by atoms with van der Waals surface area (Å²) in [6, 6.07) is 7.25. The van der Waals surface area contributed by atoms with Gasteiger partial charge in [0.25, 0.3) is 5.92 Å². The summed E-state index contributed by atoms with van der Waals surface area (Å²) in [6.45, 7) is 4.32. The maximum absolute atomic E-state index is 14.4. The topological polar surface area (TPSA) is 38.8 Å². The fraction of sp³-hybridized carbons (Fsp3) is 0.632. The number of alkyl halides is 2. The molecule has 2 rings (SSSR count). The first-order chi connectivity index (χ1) is 11.7. The minimum atomic E-state index is -3.18. The number of amides is 1. The molecule has 1 aliphatic rings. The quantitative estimate of drug-likeness (QED) is 0.675. The number of halogens is 2. The molecule has 0 unspecified atom stereocenters. The Morgan fingerprint density at radius 1 is 1.12 bits per heavy atom. The van der Waals surface area contributed by atoms with Crippen LogP contribution in [-0.2, 0) is 15.5 Å². The van der Waals surface area contributed by atoms with Crippen LogP contribution >= 0.6 is 0 Å². The van der Waals surface area contributed by atoms with Crippen LogP contribution in [0, 0.1) is 0 Å². The van der Waals surface area contributed by atoms with Crippen molar-refractivity contribution in [2.45, 2.75) is 70.4 Å². The molecule has 25 heavy (non-hydrogen) atoms. The van der Waals surface area contributed by atoms with E-state index in [1.54, 1.807) is 39.0 Å². The summed E-state index contributed by atoms with van der Waals surface area (Å²) in [5.41, 5.74) is -0.849. The molecule has 0 aliphatic heterocycles. The van der Waals surface area contributed by atoms with Crippen LogP contribution in [0.25, 0.3) is 0 Å². The Labute approximate surface area is 148 Å². The normalized spacial score (nSPS) is 16.5. The van der Waals surface area contributed by atoms with Crippen molar-refractivity contribution in [3.8, 4) is 0 Å². The molecule has 6 heteroatoms. The molecule has 0 aromatic heterocycles. The van der Waals surface area contributed by atoms with Gasteiger partial charge in [-0.05, 0) is 33.6 Å². The third kappa shape index (κ3) is 5.96. The number of nitrogens with zero attached hydrogens (tertiary/aromatic N) is 1. The summed E-state index contributed by atoms with van der Waals surface area (Å²) in [4.78, 5) is 17.8. The number of hydroxylamine groups is 2. The second kappa shape index (κ2) is 8.13. The first kappa shape index (κ1) is 19.6. The van der Waals surface area contributed by atoms with Gasteiger partial charge in [-0.1, -0.05) is 49.6 Å². The van der Waals surface area contributed by atoms with Crippen molar-refractivity contribution in [3.63, 3.8) is 0 Å². The standard InChI is InChI=1S/C19H27F2NO3/c1-18(2,3)25-17(23)22(16-12-8-5-9-13-16)24-14-19(20,21)15-10-6-4-7-11-15/h4,6-7,10-11,16H,5,8-9,12-14H2,1-3H3. The van der Waals surface area contributed by atoms with Gasteiger partial charge >= 0.3 is 6.09 Å². The van der Waals surface area contributed by atoms with Crippen molar-refractivity contribution in [2.24, 2.45) is 0 Å². The van der Waals surface area contributed by atoms with E-state index in [4.69, 9.17) is 9.57 Å². The third-order valence-electron chi connectivity index (χ3n) is 4.06. The molecule has 1 aliphatic carbocycles. The van der Waals surface area contributed by atoms with Crippen LogP contribution in [0.4, 0.5) is 13.6 Å². The smallest absolute Gasteiger partial charge is 0.434 e. The Hall–Kier alpha value is -1.69. The molecule has 1 amide bonds. The van der Waals surface area contributed by atoms with Gasteiger partial charge in [-0.3, -0.25) is 4.84 Å². The van der Waals surface area contributed by atoms with E-state index >= 15 is 0 Å². The maximum atomic E-state index is 14.4. The SMILES string of the molecule is CC(C)(C)OC(=O)N(OCC(F)(F)c1ccccc1)C1CCCCC1. The van der Waals surface area contributed by atoms with E-state index < -0.39 is 24.2 Å². The van der Waals surface area contributed by atoms with E-state index in [0.29, 0.717) is 0 Å². The molecule has 0 radical (unpaired) electrons. The zero-order valence-corrected chi connectivity index (χ0v) is 15.1. The Morgan fingerprint density at radius 3 is 2.28 bits per heavy atom. The van der Waals surface area contributed by atoms with Crippen molar-refractivity contribution in [3.05, 3.63) is 35.9 Å². The number of carbonyl (C=O) groups excluding carboxylic acids is 1. The largest absolute Gasteiger partial charge is 0.442 e. The lowest BCUT2D eigenvalue weighted by atomic mass is 9.95. The molecule has 1 aromatic carbocycles. The number of hydrogen-bond donors (Lipinski definition) is 0. The zero-order valence-electron chi connectivity index (χ0n) is 15.1. The summed E-state index contributed by atoms with van der Waals surface area (Å²) < 4.78 is 34.1. The Balaban J connectivity index is 2.08. The fourth-order valence-electron chi connectivity index (χ4n) is 2.85. The molecular formula is C19H27F2NO3. The summed E-state index contributed by atoms with van der Waals surface area (Å²) in [7, 11) is 0. The van der Waals surface area contributed by atoms with Crippen LogP contribution in [0.1, 0.15) is 58.4 Å². The molecular weight excluding hydrogens is 328 g/mol. The maximum Gasteiger partial charge on any atom is 0.434 e. The van der Waals surface area contributed by atoms with Gasteiger partial charge in [-0.2, -0.15) is 13.8 Å². The van der Waals surface area contributed by atoms with Gasteiger partial charge in [0.05, 0.1) is 6.04 Å². The van der Waals surface area contributed by atoms with Crippen LogP contribution in [-0.4, -0.2) is 29.4 Å². The van der Waals surface area contributed by atoms with Crippen molar-refractivity contribution in [1.29, 1.82) is 0 Å². The highest BCUT2D eigenvalue weighted by Crippen LogP contribution is 2.30. The third-order valence-corrected chi connectivity index (χ3v) is 4.06. The number of hydrogen-bond acceptors (Lipinski definition) is 3. The molecule has 1 fully saturated rings. The second-order valence-corrected chi connectivity index (χ2v) is 7.44. The van der Waals surface area contributed by atoms with E-state index in [1.807, 2.05) is 0 Å². The molecule has 4 nitrogen and oxygen atoms in total. The van der Waals surface area contributed by atoms with E-state index in [9.17, 15) is 13.6 Å². The molecule has 0 bridgehead atoms. The van der Waals surface area contributed by atoms with E-state index in [1.165, 1.54) is 12.1 Å². The van der Waals surface area contributed by atoms with Gasteiger partial charge in [-0.15, -0.1) is 0 Å². The van der Waals surface area contributed by atoms with E-state index in [2.05, 4.69) is 0 Å². The predicted octanol–water partition coefficient (Wildman–Crippen LogP) is 5.28. The second-order valence-electron chi connectivity index (χ2n) is 7.44. The molecule has 0 spiro atoms. The predicted molar refractivity (Wildman–Crippen MR) is 91.2 cm³/mol. The monoisotopic (exact) mass is 355 g/mol. The minimum absolute atomic E-state index is 0.136. The lowest BCUT2D eigenvalue weighted by molar-refractivity contribution is -0.221. The van der Waals surface area contributed by atoms with Crippen molar-refractivity contribution in [1.82, 2.24) is 5.06 Å². The van der Waals surface area contributed by atoms with Gasteiger partial charge in [0.2, 0.25) is 0 Å². The lowest BCUT2D eigenvalue weighted by Gasteiger charge is -2.35. The van der Waals surface area contributed by atoms with Crippen LogP contribution in [0.2, 0.25) is 0 Å². The van der Waals surface area contributed by atoms with Gasteiger partial charge in [0.1, 0.15) is 12.2 Å². The van der Waals surface area contributed by atoms with E-state index in [0.717, 1.165) is 37.2 Å². The van der Waals surface area contributed by atoms with Gasteiger partial charge < -0.3 is 4.74 Å². The molecule has 0 heterocycles. The summed E-state index contributed by atoms with van der Waals surface area (Å²) >= 11 is 0. The first-order valence-electron chi connectivity index (χ1n) is 8.77.